The highest BCUT2D eigenvalue weighted by Crippen LogP contribution is 2.04. The van der Waals surface area contributed by atoms with Crippen LogP contribution in [0.3, 0.4) is 0 Å². The maximum atomic E-state index is 5.77. The van der Waals surface area contributed by atoms with Gasteiger partial charge in [0.05, 0.1) is 0 Å². The molecule has 1 fully saturated rings. The van der Waals surface area contributed by atoms with Crippen molar-refractivity contribution in [2.24, 2.45) is 0 Å². The zero-order valence-electron chi connectivity index (χ0n) is 10.5. The fraction of sp³-hybridized carbons (Fsp3) is 1.00. The molecular weight excluding hydrogens is 224 g/mol. The Hall–Kier alpha value is 0.170. The minimum atomic E-state index is 0.754. The SMILES string of the molecule is CCOCCCN1CCCN(CCCl)CC1. The van der Waals surface area contributed by atoms with Gasteiger partial charge in [-0.05, 0) is 32.9 Å². The first-order valence-electron chi connectivity index (χ1n) is 6.45. The minimum Gasteiger partial charge on any atom is -0.382 e. The van der Waals surface area contributed by atoms with Crippen molar-refractivity contribution in [3.8, 4) is 0 Å². The molecule has 1 aliphatic rings. The number of hydrogen-bond donors (Lipinski definition) is 0. The molecule has 0 aromatic carbocycles. The molecule has 0 unspecified atom stereocenters. The second-order valence-electron chi connectivity index (χ2n) is 4.28. The molecule has 0 atom stereocenters. The molecule has 16 heavy (non-hydrogen) atoms. The van der Waals surface area contributed by atoms with Gasteiger partial charge in [-0.3, -0.25) is 0 Å². The summed E-state index contributed by atoms with van der Waals surface area (Å²) < 4.78 is 5.36. The van der Waals surface area contributed by atoms with Crippen molar-refractivity contribution in [2.75, 3.05) is 58.4 Å². The molecule has 0 radical (unpaired) electrons. The lowest BCUT2D eigenvalue weighted by Gasteiger charge is -2.21. The van der Waals surface area contributed by atoms with Crippen LogP contribution in [0.2, 0.25) is 0 Å². The molecule has 1 rings (SSSR count). The monoisotopic (exact) mass is 248 g/mol. The van der Waals surface area contributed by atoms with Gasteiger partial charge < -0.3 is 14.5 Å². The zero-order chi connectivity index (χ0) is 11.6. The molecule has 0 N–H and O–H groups in total. The highest BCUT2D eigenvalue weighted by molar-refractivity contribution is 6.18. The second kappa shape index (κ2) is 9.23. The van der Waals surface area contributed by atoms with Crippen molar-refractivity contribution in [3.63, 3.8) is 0 Å². The second-order valence-corrected chi connectivity index (χ2v) is 4.65. The molecule has 0 aromatic rings. The lowest BCUT2D eigenvalue weighted by molar-refractivity contribution is 0.132. The summed E-state index contributed by atoms with van der Waals surface area (Å²) in [5.41, 5.74) is 0. The van der Waals surface area contributed by atoms with Crippen LogP contribution in [0.25, 0.3) is 0 Å². The van der Waals surface area contributed by atoms with Gasteiger partial charge in [0, 0.05) is 45.3 Å². The van der Waals surface area contributed by atoms with Crippen molar-refractivity contribution >= 4 is 11.6 Å². The van der Waals surface area contributed by atoms with Gasteiger partial charge in [-0.2, -0.15) is 0 Å². The van der Waals surface area contributed by atoms with Gasteiger partial charge in [0.1, 0.15) is 0 Å². The zero-order valence-corrected chi connectivity index (χ0v) is 11.2. The maximum absolute atomic E-state index is 5.77. The van der Waals surface area contributed by atoms with Gasteiger partial charge in [0.15, 0.2) is 0 Å². The molecule has 0 spiro atoms. The summed E-state index contributed by atoms with van der Waals surface area (Å²) in [6, 6.07) is 0. The van der Waals surface area contributed by atoms with E-state index >= 15 is 0 Å². The highest BCUT2D eigenvalue weighted by Gasteiger charge is 2.13. The molecule has 0 bridgehead atoms. The molecule has 0 aromatic heterocycles. The van der Waals surface area contributed by atoms with E-state index in [-0.39, 0.29) is 0 Å². The Labute approximate surface area is 105 Å². The third-order valence-electron chi connectivity index (χ3n) is 3.05. The molecule has 96 valence electrons. The Balaban J connectivity index is 2.10. The first kappa shape index (κ1) is 14.2. The fourth-order valence-electron chi connectivity index (χ4n) is 2.13. The minimum absolute atomic E-state index is 0.754. The number of nitrogens with zero attached hydrogens (tertiary/aromatic N) is 2. The summed E-state index contributed by atoms with van der Waals surface area (Å²) in [5, 5.41) is 0. The van der Waals surface area contributed by atoms with Crippen molar-refractivity contribution in [3.05, 3.63) is 0 Å². The van der Waals surface area contributed by atoms with Crippen LogP contribution in [0.15, 0.2) is 0 Å². The maximum Gasteiger partial charge on any atom is 0.0478 e. The fourth-order valence-corrected chi connectivity index (χ4v) is 2.36. The smallest absolute Gasteiger partial charge is 0.0478 e. The highest BCUT2D eigenvalue weighted by atomic mass is 35.5. The summed E-state index contributed by atoms with van der Waals surface area (Å²) in [7, 11) is 0. The molecule has 0 amide bonds. The van der Waals surface area contributed by atoms with E-state index in [0.717, 1.165) is 32.1 Å². The average molecular weight is 249 g/mol. The van der Waals surface area contributed by atoms with E-state index in [2.05, 4.69) is 16.7 Å². The summed E-state index contributed by atoms with van der Waals surface area (Å²) in [4.78, 5) is 5.02. The topological polar surface area (TPSA) is 15.7 Å². The van der Waals surface area contributed by atoms with Gasteiger partial charge in [0.2, 0.25) is 0 Å². The average Bonchev–Trinajstić information content (AvgIpc) is 2.51. The molecule has 1 aliphatic heterocycles. The first-order chi connectivity index (χ1) is 7.86. The molecular formula is C12H25ClN2O. The van der Waals surface area contributed by atoms with Crippen molar-refractivity contribution in [1.82, 2.24) is 9.80 Å². The van der Waals surface area contributed by atoms with Crippen LogP contribution in [0.4, 0.5) is 0 Å². The van der Waals surface area contributed by atoms with E-state index in [4.69, 9.17) is 16.3 Å². The molecule has 4 heteroatoms. The van der Waals surface area contributed by atoms with E-state index in [1.165, 1.54) is 39.1 Å². The Bertz CT molecular complexity index is 169. The van der Waals surface area contributed by atoms with Crippen LogP contribution in [0.5, 0.6) is 0 Å². The number of rotatable bonds is 7. The predicted molar refractivity (Wildman–Crippen MR) is 69.3 cm³/mol. The van der Waals surface area contributed by atoms with Crippen LogP contribution < -0.4 is 0 Å². The summed E-state index contributed by atoms with van der Waals surface area (Å²) >= 11 is 5.77. The van der Waals surface area contributed by atoms with E-state index in [1.807, 2.05) is 0 Å². The number of hydrogen-bond acceptors (Lipinski definition) is 3. The van der Waals surface area contributed by atoms with Crippen LogP contribution >= 0.6 is 11.6 Å². The van der Waals surface area contributed by atoms with Crippen LogP contribution in [0, 0.1) is 0 Å². The van der Waals surface area contributed by atoms with Crippen LogP contribution in [-0.4, -0.2) is 68.2 Å². The van der Waals surface area contributed by atoms with Gasteiger partial charge >= 0.3 is 0 Å². The molecule has 1 heterocycles. The Morgan fingerprint density at radius 2 is 1.75 bits per heavy atom. The van der Waals surface area contributed by atoms with E-state index < -0.39 is 0 Å². The lowest BCUT2D eigenvalue weighted by Crippen LogP contribution is -2.32. The summed E-state index contributed by atoms with van der Waals surface area (Å²) in [6.07, 6.45) is 2.43. The van der Waals surface area contributed by atoms with Crippen molar-refractivity contribution in [1.29, 1.82) is 0 Å². The van der Waals surface area contributed by atoms with Gasteiger partial charge in [-0.15, -0.1) is 11.6 Å². The van der Waals surface area contributed by atoms with Crippen molar-refractivity contribution in [2.45, 2.75) is 19.8 Å². The normalized spacial score (nSPS) is 19.9. The summed E-state index contributed by atoms with van der Waals surface area (Å²) in [5.74, 6) is 0.754. The van der Waals surface area contributed by atoms with Crippen molar-refractivity contribution < 1.29 is 4.74 Å². The van der Waals surface area contributed by atoms with Gasteiger partial charge in [0.25, 0.3) is 0 Å². The molecule has 1 saturated heterocycles. The number of halogens is 1. The van der Waals surface area contributed by atoms with E-state index in [0.29, 0.717) is 0 Å². The van der Waals surface area contributed by atoms with Gasteiger partial charge in [-0.1, -0.05) is 0 Å². The largest absolute Gasteiger partial charge is 0.382 e. The summed E-state index contributed by atoms with van der Waals surface area (Å²) in [6.45, 7) is 10.8. The quantitative estimate of drug-likeness (QED) is 0.504. The van der Waals surface area contributed by atoms with E-state index in [9.17, 15) is 0 Å². The molecule has 0 aliphatic carbocycles. The Morgan fingerprint density at radius 1 is 1.06 bits per heavy atom. The van der Waals surface area contributed by atoms with Crippen LogP contribution in [-0.2, 0) is 4.74 Å². The number of ether oxygens (including phenoxy) is 1. The van der Waals surface area contributed by atoms with E-state index in [1.54, 1.807) is 0 Å². The third kappa shape index (κ3) is 6.04. The van der Waals surface area contributed by atoms with Crippen LogP contribution in [0.1, 0.15) is 19.8 Å². The molecule has 3 nitrogen and oxygen atoms in total. The first-order valence-corrected chi connectivity index (χ1v) is 6.98. The molecule has 0 saturated carbocycles. The third-order valence-corrected chi connectivity index (χ3v) is 3.22. The Morgan fingerprint density at radius 3 is 2.38 bits per heavy atom. The lowest BCUT2D eigenvalue weighted by atomic mass is 10.3. The number of alkyl halides is 1. The Kier molecular flexibility index (Phi) is 8.21. The standard InChI is InChI=1S/C12H25ClN2O/c1-2-16-12-4-8-14-6-3-7-15(9-5-13)11-10-14/h2-12H2,1H3. The van der Waals surface area contributed by atoms with Gasteiger partial charge in [-0.25, -0.2) is 0 Å². The predicted octanol–water partition coefficient (Wildman–Crippen LogP) is 1.66.